The molecule has 2 aromatic rings. The van der Waals surface area contributed by atoms with Crippen LogP contribution in [0.2, 0.25) is 0 Å². The van der Waals surface area contributed by atoms with Crippen molar-refractivity contribution in [1.82, 2.24) is 10.3 Å². The highest BCUT2D eigenvalue weighted by Gasteiger charge is 2.11. The molecule has 0 aliphatic carbocycles. The van der Waals surface area contributed by atoms with Crippen LogP contribution in [0.25, 0.3) is 0 Å². The number of pyridine rings is 1. The molecule has 1 aromatic carbocycles. The number of amides is 3. The Hall–Kier alpha value is -3.09. The first-order chi connectivity index (χ1) is 11.5. The van der Waals surface area contributed by atoms with Gasteiger partial charge in [0.05, 0.1) is 24.0 Å². The molecule has 0 fully saturated rings. The zero-order valence-electron chi connectivity index (χ0n) is 13.8. The molecule has 0 spiro atoms. The number of ether oxygens (including phenoxy) is 1. The Bertz CT molecular complexity index is 714. The van der Waals surface area contributed by atoms with Crippen molar-refractivity contribution in [3.05, 3.63) is 48.2 Å². The number of hydrogen-bond donors (Lipinski definition) is 3. The molecule has 7 heteroatoms. The number of carbonyl (C=O) groups is 2. The Labute approximate surface area is 140 Å². The second-order valence-electron chi connectivity index (χ2n) is 5.34. The van der Waals surface area contributed by atoms with Gasteiger partial charge in [-0.3, -0.25) is 4.79 Å². The molecule has 1 heterocycles. The first-order valence-corrected chi connectivity index (χ1v) is 7.47. The molecule has 0 radical (unpaired) electrons. The zero-order chi connectivity index (χ0) is 17.5. The molecule has 0 bridgehead atoms. The summed E-state index contributed by atoms with van der Waals surface area (Å²) in [6.45, 7) is 3.73. The van der Waals surface area contributed by atoms with Crippen LogP contribution >= 0.6 is 0 Å². The van der Waals surface area contributed by atoms with Crippen molar-refractivity contribution in [3.8, 4) is 5.88 Å². The molecular weight excluding hydrogens is 308 g/mol. The Balaban J connectivity index is 2.11. The molecule has 2 rings (SSSR count). The highest BCUT2D eigenvalue weighted by atomic mass is 16.5. The smallest absolute Gasteiger partial charge is 0.319 e. The van der Waals surface area contributed by atoms with Crippen molar-refractivity contribution in [1.29, 1.82) is 0 Å². The first kappa shape index (κ1) is 17.3. The van der Waals surface area contributed by atoms with E-state index in [4.69, 9.17) is 4.74 Å². The second-order valence-corrected chi connectivity index (χ2v) is 5.34. The van der Waals surface area contributed by atoms with Crippen LogP contribution in [0.15, 0.2) is 42.6 Å². The quantitative estimate of drug-likeness (QED) is 0.787. The fourth-order valence-corrected chi connectivity index (χ4v) is 1.95. The monoisotopic (exact) mass is 328 g/mol. The number of urea groups is 1. The van der Waals surface area contributed by atoms with E-state index in [-0.39, 0.29) is 18.0 Å². The molecular formula is C17H20N4O3. The van der Waals surface area contributed by atoms with E-state index in [0.717, 1.165) is 0 Å². The summed E-state index contributed by atoms with van der Waals surface area (Å²) in [5.41, 5.74) is 1.39. The Morgan fingerprint density at radius 2 is 1.71 bits per heavy atom. The summed E-state index contributed by atoms with van der Waals surface area (Å²) in [6.07, 6.45) is 1.43. The largest absolute Gasteiger partial charge is 0.481 e. The Morgan fingerprint density at radius 1 is 1.04 bits per heavy atom. The van der Waals surface area contributed by atoms with Gasteiger partial charge in [-0.2, -0.15) is 0 Å². The summed E-state index contributed by atoms with van der Waals surface area (Å²) in [5, 5.41) is 8.21. The van der Waals surface area contributed by atoms with Crippen molar-refractivity contribution < 1.29 is 14.3 Å². The van der Waals surface area contributed by atoms with Crippen LogP contribution in [-0.4, -0.2) is 30.1 Å². The summed E-state index contributed by atoms with van der Waals surface area (Å²) < 4.78 is 4.96. The Morgan fingerprint density at radius 3 is 2.25 bits per heavy atom. The van der Waals surface area contributed by atoms with Gasteiger partial charge in [0.1, 0.15) is 0 Å². The van der Waals surface area contributed by atoms with Crippen molar-refractivity contribution in [3.63, 3.8) is 0 Å². The second kappa shape index (κ2) is 7.96. The number of nitrogens with zero attached hydrogens (tertiary/aromatic N) is 1. The van der Waals surface area contributed by atoms with Gasteiger partial charge < -0.3 is 20.7 Å². The van der Waals surface area contributed by atoms with Crippen LogP contribution in [0.3, 0.4) is 0 Å². The van der Waals surface area contributed by atoms with E-state index in [1.807, 2.05) is 13.8 Å². The summed E-state index contributed by atoms with van der Waals surface area (Å²) in [7, 11) is 1.51. The number of benzene rings is 1. The normalized spacial score (nSPS) is 10.2. The first-order valence-electron chi connectivity index (χ1n) is 7.47. The fraction of sp³-hybridized carbons (Fsp3) is 0.235. The maximum atomic E-state index is 12.3. The number of nitrogens with one attached hydrogen (secondary N) is 3. The molecule has 7 nitrogen and oxygen atoms in total. The Kier molecular flexibility index (Phi) is 5.73. The maximum Gasteiger partial charge on any atom is 0.319 e. The van der Waals surface area contributed by atoms with Gasteiger partial charge in [-0.25, -0.2) is 9.78 Å². The summed E-state index contributed by atoms with van der Waals surface area (Å²) in [4.78, 5) is 28.2. The van der Waals surface area contributed by atoms with Gasteiger partial charge >= 0.3 is 6.03 Å². The van der Waals surface area contributed by atoms with Crippen molar-refractivity contribution in [2.24, 2.45) is 0 Å². The van der Waals surface area contributed by atoms with E-state index >= 15 is 0 Å². The summed E-state index contributed by atoms with van der Waals surface area (Å²) in [5.74, 6) is 0.0997. The van der Waals surface area contributed by atoms with Gasteiger partial charge in [-0.15, -0.1) is 0 Å². The maximum absolute atomic E-state index is 12.3. The number of methoxy groups -OCH3 is 1. The number of rotatable bonds is 5. The third-order valence-corrected chi connectivity index (χ3v) is 3.05. The molecule has 3 amide bonds. The summed E-state index contributed by atoms with van der Waals surface area (Å²) in [6, 6.07) is 9.86. The number of hydrogen-bond acceptors (Lipinski definition) is 4. The van der Waals surface area contributed by atoms with E-state index in [9.17, 15) is 9.59 Å². The van der Waals surface area contributed by atoms with Gasteiger partial charge in [-0.05, 0) is 32.0 Å². The molecule has 0 aliphatic heterocycles. The lowest BCUT2D eigenvalue weighted by Crippen LogP contribution is -2.34. The molecule has 126 valence electrons. The average molecular weight is 328 g/mol. The van der Waals surface area contributed by atoms with Crippen LogP contribution in [0.4, 0.5) is 16.2 Å². The predicted molar refractivity (Wildman–Crippen MR) is 92.5 cm³/mol. The van der Waals surface area contributed by atoms with Crippen LogP contribution in [-0.2, 0) is 0 Å². The lowest BCUT2D eigenvalue weighted by atomic mass is 10.2. The van der Waals surface area contributed by atoms with Crippen molar-refractivity contribution >= 4 is 23.3 Å². The van der Waals surface area contributed by atoms with Gasteiger partial charge in [0, 0.05) is 18.3 Å². The zero-order valence-corrected chi connectivity index (χ0v) is 13.8. The molecule has 3 N–H and O–H groups in total. The van der Waals surface area contributed by atoms with Gasteiger partial charge in [0.25, 0.3) is 5.91 Å². The number of para-hydroxylation sites is 2. The topological polar surface area (TPSA) is 92.4 Å². The third kappa shape index (κ3) is 4.70. The predicted octanol–water partition coefficient (Wildman–Crippen LogP) is 2.87. The SMILES string of the molecule is COc1ccc(C(=O)Nc2ccccc2NC(=O)NC(C)C)cn1. The highest BCUT2D eigenvalue weighted by Crippen LogP contribution is 2.21. The lowest BCUT2D eigenvalue weighted by molar-refractivity contribution is 0.102. The van der Waals surface area contributed by atoms with E-state index in [0.29, 0.717) is 22.8 Å². The van der Waals surface area contributed by atoms with Gasteiger partial charge in [0.15, 0.2) is 0 Å². The minimum Gasteiger partial charge on any atom is -0.481 e. The average Bonchev–Trinajstić information content (AvgIpc) is 2.56. The third-order valence-electron chi connectivity index (χ3n) is 3.05. The van der Waals surface area contributed by atoms with Crippen molar-refractivity contribution in [2.45, 2.75) is 19.9 Å². The van der Waals surface area contributed by atoms with Gasteiger partial charge in [-0.1, -0.05) is 12.1 Å². The molecule has 0 saturated heterocycles. The van der Waals surface area contributed by atoms with Crippen LogP contribution in [0.1, 0.15) is 24.2 Å². The molecule has 0 unspecified atom stereocenters. The number of carbonyl (C=O) groups excluding carboxylic acids is 2. The standard InChI is InChI=1S/C17H20N4O3/c1-11(2)19-17(23)21-14-7-5-4-6-13(14)20-16(22)12-8-9-15(24-3)18-10-12/h4-11H,1-3H3,(H,20,22)(H2,19,21,23). The van der Waals surface area contributed by atoms with E-state index in [1.165, 1.54) is 13.3 Å². The molecule has 24 heavy (non-hydrogen) atoms. The highest BCUT2D eigenvalue weighted by molar-refractivity contribution is 6.07. The van der Waals surface area contributed by atoms with Crippen LogP contribution in [0.5, 0.6) is 5.88 Å². The van der Waals surface area contributed by atoms with E-state index in [1.54, 1.807) is 36.4 Å². The number of aromatic nitrogens is 1. The van der Waals surface area contributed by atoms with Crippen molar-refractivity contribution in [2.75, 3.05) is 17.7 Å². The molecule has 1 aromatic heterocycles. The van der Waals surface area contributed by atoms with E-state index < -0.39 is 0 Å². The van der Waals surface area contributed by atoms with Gasteiger partial charge in [0.2, 0.25) is 5.88 Å². The molecule has 0 saturated carbocycles. The van der Waals surface area contributed by atoms with Crippen LogP contribution < -0.4 is 20.7 Å². The minimum atomic E-state index is -0.335. The molecule has 0 atom stereocenters. The van der Waals surface area contributed by atoms with E-state index in [2.05, 4.69) is 20.9 Å². The number of anilines is 2. The minimum absolute atomic E-state index is 0.0112. The molecule has 0 aliphatic rings. The summed E-state index contributed by atoms with van der Waals surface area (Å²) >= 11 is 0. The lowest BCUT2D eigenvalue weighted by Gasteiger charge is -2.14. The fourth-order valence-electron chi connectivity index (χ4n) is 1.95. The van der Waals surface area contributed by atoms with Crippen LogP contribution in [0, 0.1) is 0 Å².